The Morgan fingerprint density at radius 1 is 0.920 bits per heavy atom. The summed E-state index contributed by atoms with van der Waals surface area (Å²) >= 11 is 0. The molecular formula is C19H15F2N3O. The van der Waals surface area contributed by atoms with Gasteiger partial charge in [0.25, 0.3) is 5.91 Å². The molecule has 2 aromatic carbocycles. The van der Waals surface area contributed by atoms with Gasteiger partial charge in [-0.2, -0.15) is 0 Å². The zero-order valence-corrected chi connectivity index (χ0v) is 13.2. The predicted molar refractivity (Wildman–Crippen MR) is 91.5 cm³/mol. The lowest BCUT2D eigenvalue weighted by atomic mass is 10.2. The number of carbonyl (C=O) groups is 1. The van der Waals surface area contributed by atoms with Crippen molar-refractivity contribution < 1.29 is 13.6 Å². The number of benzene rings is 2. The number of hydrogen-bond donors (Lipinski definition) is 2. The Bertz CT molecular complexity index is 882. The highest BCUT2D eigenvalue weighted by atomic mass is 19.1. The molecule has 1 amide bonds. The summed E-state index contributed by atoms with van der Waals surface area (Å²) in [7, 11) is 0. The van der Waals surface area contributed by atoms with Crippen molar-refractivity contribution in [2.75, 3.05) is 5.32 Å². The van der Waals surface area contributed by atoms with E-state index in [-0.39, 0.29) is 29.8 Å². The minimum atomic E-state index is -0.354. The topological polar surface area (TPSA) is 54.0 Å². The fraction of sp³-hybridized carbons (Fsp3) is 0.0526. The fourth-order valence-electron chi connectivity index (χ4n) is 2.24. The van der Waals surface area contributed by atoms with E-state index in [9.17, 15) is 13.6 Å². The number of rotatable bonds is 5. The molecule has 0 aliphatic heterocycles. The van der Waals surface area contributed by atoms with Gasteiger partial charge in [-0.05, 0) is 48.0 Å². The molecule has 0 spiro atoms. The Kier molecular flexibility index (Phi) is 4.99. The maximum Gasteiger partial charge on any atom is 0.270 e. The van der Waals surface area contributed by atoms with Crippen LogP contribution in [-0.2, 0) is 6.54 Å². The number of amides is 1. The minimum Gasteiger partial charge on any atom is -0.355 e. The third-order valence-corrected chi connectivity index (χ3v) is 3.47. The summed E-state index contributed by atoms with van der Waals surface area (Å²) in [6.45, 7) is 0.266. The van der Waals surface area contributed by atoms with Crippen LogP contribution >= 0.6 is 0 Å². The van der Waals surface area contributed by atoms with Crippen LogP contribution in [0.25, 0.3) is 0 Å². The zero-order chi connectivity index (χ0) is 17.6. The molecule has 0 saturated heterocycles. The van der Waals surface area contributed by atoms with Gasteiger partial charge in [0.2, 0.25) is 0 Å². The van der Waals surface area contributed by atoms with Crippen LogP contribution in [0.4, 0.5) is 20.2 Å². The highest BCUT2D eigenvalue weighted by molar-refractivity contribution is 5.93. The molecule has 1 aromatic heterocycles. The second-order valence-corrected chi connectivity index (χ2v) is 5.37. The first-order valence-corrected chi connectivity index (χ1v) is 7.61. The average Bonchev–Trinajstić information content (AvgIpc) is 2.61. The summed E-state index contributed by atoms with van der Waals surface area (Å²) in [6, 6.07) is 15.2. The van der Waals surface area contributed by atoms with Crippen LogP contribution in [0.3, 0.4) is 0 Å². The van der Waals surface area contributed by atoms with Crippen LogP contribution in [0.15, 0.2) is 66.9 Å². The monoisotopic (exact) mass is 339 g/mol. The second-order valence-electron chi connectivity index (χ2n) is 5.37. The molecule has 4 nitrogen and oxygen atoms in total. The smallest absolute Gasteiger partial charge is 0.270 e. The highest BCUT2D eigenvalue weighted by Crippen LogP contribution is 2.17. The van der Waals surface area contributed by atoms with Crippen LogP contribution in [0.5, 0.6) is 0 Å². The second kappa shape index (κ2) is 7.53. The number of anilines is 2. The van der Waals surface area contributed by atoms with Gasteiger partial charge in [-0.1, -0.05) is 18.2 Å². The molecule has 6 heteroatoms. The van der Waals surface area contributed by atoms with E-state index in [0.717, 1.165) is 5.56 Å². The molecule has 0 aliphatic carbocycles. The number of pyridine rings is 1. The van der Waals surface area contributed by atoms with Gasteiger partial charge in [0, 0.05) is 24.1 Å². The molecule has 0 bridgehead atoms. The Hall–Kier alpha value is -3.28. The van der Waals surface area contributed by atoms with Gasteiger partial charge in [0.1, 0.15) is 17.3 Å². The standard InChI is InChI=1S/C19H15F2N3O/c20-14-6-4-13(5-7-14)12-23-19(25)18-11-17(8-9-22-18)24-16-3-1-2-15(21)10-16/h1-11H,12H2,(H,22,24)(H,23,25). The highest BCUT2D eigenvalue weighted by Gasteiger charge is 2.08. The van der Waals surface area contributed by atoms with Crippen molar-refractivity contribution in [1.29, 1.82) is 0 Å². The van der Waals surface area contributed by atoms with Gasteiger partial charge in [-0.25, -0.2) is 8.78 Å². The van der Waals surface area contributed by atoms with Crippen molar-refractivity contribution in [2.24, 2.45) is 0 Å². The predicted octanol–water partition coefficient (Wildman–Crippen LogP) is 4.03. The largest absolute Gasteiger partial charge is 0.355 e. The lowest BCUT2D eigenvalue weighted by Crippen LogP contribution is -2.23. The SMILES string of the molecule is O=C(NCc1ccc(F)cc1)c1cc(Nc2cccc(F)c2)ccn1. The molecule has 0 aliphatic rings. The van der Waals surface area contributed by atoms with Crippen LogP contribution in [0.2, 0.25) is 0 Å². The quantitative estimate of drug-likeness (QED) is 0.738. The van der Waals surface area contributed by atoms with E-state index in [2.05, 4.69) is 15.6 Å². The van der Waals surface area contributed by atoms with Crippen molar-refractivity contribution in [3.8, 4) is 0 Å². The molecule has 0 saturated carbocycles. The van der Waals surface area contributed by atoms with Crippen LogP contribution in [-0.4, -0.2) is 10.9 Å². The summed E-state index contributed by atoms with van der Waals surface area (Å²) in [5.74, 6) is -1.03. The molecular weight excluding hydrogens is 324 g/mol. The normalized spacial score (nSPS) is 10.3. The van der Waals surface area contributed by atoms with Gasteiger partial charge in [0.05, 0.1) is 0 Å². The average molecular weight is 339 g/mol. The fourth-order valence-corrected chi connectivity index (χ4v) is 2.24. The Morgan fingerprint density at radius 3 is 2.44 bits per heavy atom. The van der Waals surface area contributed by atoms with Crippen molar-refractivity contribution >= 4 is 17.3 Å². The first-order chi connectivity index (χ1) is 12.1. The summed E-state index contributed by atoms with van der Waals surface area (Å²) in [6.07, 6.45) is 1.49. The Morgan fingerprint density at radius 2 is 1.68 bits per heavy atom. The molecule has 3 rings (SSSR count). The summed E-state index contributed by atoms with van der Waals surface area (Å²) in [5, 5.41) is 5.74. The molecule has 1 heterocycles. The van der Waals surface area contributed by atoms with Gasteiger partial charge < -0.3 is 10.6 Å². The van der Waals surface area contributed by atoms with E-state index in [4.69, 9.17) is 0 Å². The number of nitrogens with one attached hydrogen (secondary N) is 2. The molecule has 25 heavy (non-hydrogen) atoms. The van der Waals surface area contributed by atoms with Crippen LogP contribution in [0.1, 0.15) is 16.1 Å². The first-order valence-electron chi connectivity index (χ1n) is 7.61. The number of nitrogens with zero attached hydrogens (tertiary/aromatic N) is 1. The number of aromatic nitrogens is 1. The summed E-state index contributed by atoms with van der Waals surface area (Å²) in [5.41, 5.74) is 2.20. The van der Waals surface area contributed by atoms with Gasteiger partial charge >= 0.3 is 0 Å². The van der Waals surface area contributed by atoms with Crippen molar-refractivity contribution in [3.05, 3.63) is 89.8 Å². The summed E-state index contributed by atoms with van der Waals surface area (Å²) in [4.78, 5) is 16.2. The van der Waals surface area contributed by atoms with Gasteiger partial charge in [-0.3, -0.25) is 9.78 Å². The molecule has 0 radical (unpaired) electrons. The van der Waals surface area contributed by atoms with Gasteiger partial charge in [-0.15, -0.1) is 0 Å². The maximum absolute atomic E-state index is 13.2. The van der Waals surface area contributed by atoms with E-state index in [1.807, 2.05) is 0 Å². The molecule has 126 valence electrons. The molecule has 0 atom stereocenters. The van der Waals surface area contributed by atoms with E-state index < -0.39 is 0 Å². The number of halogens is 2. The van der Waals surface area contributed by atoms with Crippen LogP contribution in [0, 0.1) is 11.6 Å². The summed E-state index contributed by atoms with van der Waals surface area (Å²) < 4.78 is 26.1. The lowest BCUT2D eigenvalue weighted by molar-refractivity contribution is 0.0946. The zero-order valence-electron chi connectivity index (χ0n) is 13.2. The molecule has 0 unspecified atom stereocenters. The maximum atomic E-state index is 13.2. The van der Waals surface area contributed by atoms with E-state index >= 15 is 0 Å². The molecule has 3 aromatic rings. The van der Waals surface area contributed by atoms with Crippen molar-refractivity contribution in [2.45, 2.75) is 6.54 Å². The molecule has 0 fully saturated rings. The van der Waals surface area contributed by atoms with E-state index in [1.54, 1.807) is 36.4 Å². The lowest BCUT2D eigenvalue weighted by Gasteiger charge is -2.09. The van der Waals surface area contributed by atoms with Crippen molar-refractivity contribution in [3.63, 3.8) is 0 Å². The molecule has 2 N–H and O–H groups in total. The third kappa shape index (κ3) is 4.60. The third-order valence-electron chi connectivity index (χ3n) is 3.47. The Labute approximate surface area is 143 Å². The number of carbonyl (C=O) groups excluding carboxylic acids is 1. The number of hydrogen-bond acceptors (Lipinski definition) is 3. The Balaban J connectivity index is 1.65. The van der Waals surface area contributed by atoms with Crippen molar-refractivity contribution in [1.82, 2.24) is 10.3 Å². The van der Waals surface area contributed by atoms with Crippen LogP contribution < -0.4 is 10.6 Å². The minimum absolute atomic E-state index is 0.225. The van der Waals surface area contributed by atoms with Gasteiger partial charge in [0.15, 0.2) is 0 Å². The van der Waals surface area contributed by atoms with E-state index in [0.29, 0.717) is 11.4 Å². The first kappa shape index (κ1) is 16.6. The van der Waals surface area contributed by atoms with E-state index in [1.165, 1.54) is 30.5 Å².